The molecule has 0 aliphatic rings. The fourth-order valence-electron chi connectivity index (χ4n) is 1.81. The van der Waals surface area contributed by atoms with Crippen molar-refractivity contribution in [2.24, 2.45) is 0 Å². The zero-order valence-corrected chi connectivity index (χ0v) is 13.4. The molecule has 0 saturated carbocycles. The molecule has 2 rings (SSSR count). The van der Waals surface area contributed by atoms with Gasteiger partial charge in [0.25, 0.3) is 5.91 Å². The lowest BCUT2D eigenvalue weighted by Crippen LogP contribution is -2.18. The number of rotatable bonds is 4. The Hall–Kier alpha value is -1.23. The topological polar surface area (TPSA) is 41.1 Å². The summed E-state index contributed by atoms with van der Waals surface area (Å²) in [5.74, 6) is -0.203. The lowest BCUT2D eigenvalue weighted by atomic mass is 10.1. The SMILES string of the molecule is CNC(=O)c1cc(NC(C)c2ccc(Cl)s2)ccc1Cl. The molecule has 1 aromatic heterocycles. The molecule has 0 saturated heterocycles. The van der Waals surface area contributed by atoms with Crippen molar-refractivity contribution in [3.63, 3.8) is 0 Å². The molecule has 0 bridgehead atoms. The molecule has 20 heavy (non-hydrogen) atoms. The van der Waals surface area contributed by atoms with Crippen LogP contribution in [0.15, 0.2) is 30.3 Å². The van der Waals surface area contributed by atoms with Gasteiger partial charge in [0.2, 0.25) is 0 Å². The van der Waals surface area contributed by atoms with E-state index in [9.17, 15) is 4.79 Å². The van der Waals surface area contributed by atoms with Gasteiger partial charge in [-0.1, -0.05) is 23.2 Å². The summed E-state index contributed by atoms with van der Waals surface area (Å²) in [4.78, 5) is 12.8. The van der Waals surface area contributed by atoms with Crippen LogP contribution in [0.3, 0.4) is 0 Å². The van der Waals surface area contributed by atoms with Crippen molar-refractivity contribution in [1.29, 1.82) is 0 Å². The first-order valence-electron chi connectivity index (χ1n) is 6.04. The molecule has 106 valence electrons. The second-order valence-corrected chi connectivity index (χ2v) is 6.44. The highest BCUT2D eigenvalue weighted by Crippen LogP contribution is 2.30. The second kappa shape index (κ2) is 6.48. The Morgan fingerprint density at radius 2 is 2.00 bits per heavy atom. The Morgan fingerprint density at radius 1 is 1.25 bits per heavy atom. The zero-order valence-electron chi connectivity index (χ0n) is 11.0. The van der Waals surface area contributed by atoms with Gasteiger partial charge in [-0.05, 0) is 37.3 Å². The smallest absolute Gasteiger partial charge is 0.252 e. The van der Waals surface area contributed by atoms with Crippen molar-refractivity contribution in [1.82, 2.24) is 5.32 Å². The van der Waals surface area contributed by atoms with Crippen LogP contribution in [0.4, 0.5) is 5.69 Å². The Bertz CT molecular complexity index is 627. The Morgan fingerprint density at radius 3 is 2.60 bits per heavy atom. The van der Waals surface area contributed by atoms with Gasteiger partial charge < -0.3 is 10.6 Å². The quantitative estimate of drug-likeness (QED) is 0.861. The van der Waals surface area contributed by atoms with Gasteiger partial charge in [-0.25, -0.2) is 0 Å². The normalized spacial score (nSPS) is 12.0. The van der Waals surface area contributed by atoms with E-state index in [1.807, 2.05) is 25.1 Å². The van der Waals surface area contributed by atoms with Crippen LogP contribution in [-0.2, 0) is 0 Å². The summed E-state index contributed by atoms with van der Waals surface area (Å²) in [6, 6.07) is 9.26. The molecular formula is C14H14Cl2N2OS. The first-order valence-corrected chi connectivity index (χ1v) is 7.62. The lowest BCUT2D eigenvalue weighted by Gasteiger charge is -2.15. The van der Waals surface area contributed by atoms with E-state index in [0.717, 1.165) is 14.9 Å². The molecule has 3 nitrogen and oxygen atoms in total. The van der Waals surface area contributed by atoms with Gasteiger partial charge in [-0.3, -0.25) is 4.79 Å². The maximum absolute atomic E-state index is 11.7. The highest BCUT2D eigenvalue weighted by Gasteiger charge is 2.12. The third-order valence-electron chi connectivity index (χ3n) is 2.84. The minimum absolute atomic E-state index is 0.103. The van der Waals surface area contributed by atoms with Gasteiger partial charge in [0.15, 0.2) is 0 Å². The lowest BCUT2D eigenvalue weighted by molar-refractivity contribution is 0.0963. The van der Waals surface area contributed by atoms with Crippen molar-refractivity contribution in [3.05, 3.63) is 50.1 Å². The summed E-state index contributed by atoms with van der Waals surface area (Å²) in [6.07, 6.45) is 0. The number of carbonyl (C=O) groups is 1. The van der Waals surface area contributed by atoms with Crippen LogP contribution in [0.25, 0.3) is 0 Å². The Labute approximate surface area is 131 Å². The van der Waals surface area contributed by atoms with E-state index in [1.54, 1.807) is 19.2 Å². The predicted molar refractivity (Wildman–Crippen MR) is 86.2 cm³/mol. The van der Waals surface area contributed by atoms with E-state index in [1.165, 1.54) is 11.3 Å². The average molecular weight is 329 g/mol. The number of nitrogens with one attached hydrogen (secondary N) is 2. The van der Waals surface area contributed by atoms with Crippen LogP contribution in [0.1, 0.15) is 28.2 Å². The van der Waals surface area contributed by atoms with Gasteiger partial charge >= 0.3 is 0 Å². The number of hydrogen-bond donors (Lipinski definition) is 2. The van der Waals surface area contributed by atoms with Gasteiger partial charge in [0.05, 0.1) is 21.0 Å². The van der Waals surface area contributed by atoms with Gasteiger partial charge in [0, 0.05) is 17.6 Å². The van der Waals surface area contributed by atoms with Crippen LogP contribution in [-0.4, -0.2) is 13.0 Å². The first kappa shape index (κ1) is 15.2. The molecule has 1 aromatic carbocycles. The molecule has 0 aliphatic heterocycles. The first-order chi connectivity index (χ1) is 9.51. The molecule has 1 amide bonds. The van der Waals surface area contributed by atoms with E-state index in [0.29, 0.717) is 10.6 Å². The van der Waals surface area contributed by atoms with E-state index < -0.39 is 0 Å². The van der Waals surface area contributed by atoms with Crippen molar-refractivity contribution in [3.8, 4) is 0 Å². The van der Waals surface area contributed by atoms with Gasteiger partial charge in [-0.15, -0.1) is 11.3 Å². The molecule has 0 radical (unpaired) electrons. The monoisotopic (exact) mass is 328 g/mol. The molecule has 0 spiro atoms. The molecule has 1 atom stereocenters. The number of thiophene rings is 1. The maximum Gasteiger partial charge on any atom is 0.252 e. The maximum atomic E-state index is 11.7. The van der Waals surface area contributed by atoms with Crippen LogP contribution in [0, 0.1) is 0 Å². The van der Waals surface area contributed by atoms with E-state index >= 15 is 0 Å². The minimum Gasteiger partial charge on any atom is -0.378 e. The van der Waals surface area contributed by atoms with Gasteiger partial charge in [-0.2, -0.15) is 0 Å². The minimum atomic E-state index is -0.203. The predicted octanol–water partition coefficient (Wildman–Crippen LogP) is 4.59. The second-order valence-electron chi connectivity index (χ2n) is 4.28. The Kier molecular flexibility index (Phi) is 4.91. The molecule has 0 fully saturated rings. The summed E-state index contributed by atoms with van der Waals surface area (Å²) >= 11 is 13.5. The van der Waals surface area contributed by atoms with Crippen molar-refractivity contribution < 1.29 is 4.79 Å². The largest absolute Gasteiger partial charge is 0.378 e. The van der Waals surface area contributed by atoms with E-state index in [2.05, 4.69) is 10.6 Å². The van der Waals surface area contributed by atoms with Crippen molar-refractivity contribution in [2.45, 2.75) is 13.0 Å². The fraction of sp³-hybridized carbons (Fsp3) is 0.214. The van der Waals surface area contributed by atoms with Crippen LogP contribution >= 0.6 is 34.5 Å². The number of halogens is 2. The van der Waals surface area contributed by atoms with Crippen LogP contribution < -0.4 is 10.6 Å². The molecule has 0 aliphatic carbocycles. The summed E-state index contributed by atoms with van der Waals surface area (Å²) in [6.45, 7) is 2.04. The third-order valence-corrected chi connectivity index (χ3v) is 4.59. The average Bonchev–Trinajstić information content (AvgIpc) is 2.87. The number of carbonyl (C=O) groups excluding carboxylic acids is 1. The number of anilines is 1. The van der Waals surface area contributed by atoms with Crippen LogP contribution in [0.2, 0.25) is 9.36 Å². The fourth-order valence-corrected chi connectivity index (χ4v) is 3.07. The molecular weight excluding hydrogens is 315 g/mol. The zero-order chi connectivity index (χ0) is 14.7. The number of benzene rings is 1. The van der Waals surface area contributed by atoms with Crippen molar-refractivity contribution in [2.75, 3.05) is 12.4 Å². The third kappa shape index (κ3) is 3.45. The summed E-state index contributed by atoms with van der Waals surface area (Å²) < 4.78 is 0.760. The highest BCUT2D eigenvalue weighted by atomic mass is 35.5. The molecule has 1 heterocycles. The van der Waals surface area contributed by atoms with Gasteiger partial charge in [0.1, 0.15) is 0 Å². The van der Waals surface area contributed by atoms with E-state index in [4.69, 9.17) is 23.2 Å². The number of amides is 1. The summed E-state index contributed by atoms with van der Waals surface area (Å²) in [7, 11) is 1.58. The van der Waals surface area contributed by atoms with Crippen LogP contribution in [0.5, 0.6) is 0 Å². The molecule has 2 aromatic rings. The number of hydrogen-bond acceptors (Lipinski definition) is 3. The highest BCUT2D eigenvalue weighted by molar-refractivity contribution is 7.16. The molecule has 1 unspecified atom stereocenters. The standard InChI is InChI=1S/C14H14Cl2N2OS/c1-8(12-5-6-13(16)20-12)18-9-3-4-11(15)10(7-9)14(19)17-2/h3-8,18H,1-2H3,(H,17,19). The summed E-state index contributed by atoms with van der Waals surface area (Å²) in [5.41, 5.74) is 1.29. The molecule has 6 heteroatoms. The van der Waals surface area contributed by atoms with E-state index in [-0.39, 0.29) is 11.9 Å². The van der Waals surface area contributed by atoms with Crippen molar-refractivity contribution >= 4 is 46.1 Å². The Balaban J connectivity index is 2.19. The summed E-state index contributed by atoms with van der Waals surface area (Å²) in [5, 5.41) is 6.33. The molecule has 2 N–H and O–H groups in total.